The van der Waals surface area contributed by atoms with Crippen molar-refractivity contribution in [2.24, 2.45) is 10.3 Å². The molecule has 2 aromatic carbocycles. The van der Waals surface area contributed by atoms with Crippen LogP contribution in [0.3, 0.4) is 0 Å². The molecular weight excluding hydrogens is 423 g/mol. The van der Waals surface area contributed by atoms with E-state index in [4.69, 9.17) is 14.5 Å². The van der Waals surface area contributed by atoms with Crippen LogP contribution in [0.2, 0.25) is 0 Å². The van der Waals surface area contributed by atoms with Crippen molar-refractivity contribution in [2.75, 3.05) is 14.2 Å². The van der Waals surface area contributed by atoms with E-state index in [0.717, 1.165) is 28.8 Å². The number of halogens is 3. The van der Waals surface area contributed by atoms with Crippen LogP contribution in [0.25, 0.3) is 6.08 Å². The minimum absolute atomic E-state index is 0.102. The number of hydrogen-bond donors (Lipinski definition) is 1. The van der Waals surface area contributed by atoms with E-state index in [9.17, 15) is 13.2 Å². The van der Waals surface area contributed by atoms with Crippen molar-refractivity contribution in [3.05, 3.63) is 76.9 Å². The Kier molecular flexibility index (Phi) is 10.7. The molecule has 0 aromatic heterocycles. The predicted molar refractivity (Wildman–Crippen MR) is 119 cm³/mol. The fourth-order valence-electron chi connectivity index (χ4n) is 2.65. The number of benzene rings is 2. The zero-order valence-corrected chi connectivity index (χ0v) is 18.4. The van der Waals surface area contributed by atoms with Crippen LogP contribution in [0.4, 0.5) is 13.2 Å². The highest BCUT2D eigenvalue weighted by Gasteiger charge is 2.30. The lowest BCUT2D eigenvalue weighted by atomic mass is 9.99. The van der Waals surface area contributed by atoms with Gasteiger partial charge in [0.05, 0.1) is 17.0 Å². The van der Waals surface area contributed by atoms with Crippen LogP contribution >= 0.6 is 0 Å². The minimum Gasteiger partial charge on any atom is -0.399 e. The van der Waals surface area contributed by atoms with Crippen molar-refractivity contribution in [2.45, 2.75) is 26.6 Å². The number of nitrogens with one attached hydrogen (secondary N) is 1. The standard InChI is InChI=1S/C21H21F3N2O2.C2H5NO/c1-5-16-8-7-11-19(15(3)25-27-4)20(16)13-28-26-14(2)17-9-6-10-18(12-17)21(22,23)24;1-3-2-4/h5-12H,1,13H2,2-4H3;2H,1H3,(H,3,4)/b25-15-,26-14+;. The van der Waals surface area contributed by atoms with Gasteiger partial charge >= 0.3 is 6.18 Å². The molecule has 0 atom stereocenters. The van der Waals surface area contributed by atoms with Gasteiger partial charge in [0.2, 0.25) is 6.41 Å². The van der Waals surface area contributed by atoms with Crippen LogP contribution in [-0.2, 0) is 27.3 Å². The molecule has 1 N–H and O–H groups in total. The molecule has 172 valence electrons. The van der Waals surface area contributed by atoms with E-state index < -0.39 is 11.7 Å². The van der Waals surface area contributed by atoms with Crippen molar-refractivity contribution in [1.82, 2.24) is 5.32 Å². The summed E-state index contributed by atoms with van der Waals surface area (Å²) in [6.07, 6.45) is -2.10. The Morgan fingerprint density at radius 3 is 2.34 bits per heavy atom. The lowest BCUT2D eigenvalue weighted by Crippen LogP contribution is -2.07. The van der Waals surface area contributed by atoms with Gasteiger partial charge in [0.1, 0.15) is 13.7 Å². The zero-order valence-electron chi connectivity index (χ0n) is 18.4. The summed E-state index contributed by atoms with van der Waals surface area (Å²) >= 11 is 0. The van der Waals surface area contributed by atoms with Crippen molar-refractivity contribution >= 4 is 23.9 Å². The molecule has 0 bridgehead atoms. The third-order valence-corrected chi connectivity index (χ3v) is 4.19. The second-order valence-electron chi connectivity index (χ2n) is 6.37. The Hall–Kier alpha value is -3.62. The molecule has 0 saturated heterocycles. The monoisotopic (exact) mass is 449 g/mol. The molecule has 0 fully saturated rings. The van der Waals surface area contributed by atoms with Crippen LogP contribution in [0, 0.1) is 0 Å². The molecule has 9 heteroatoms. The summed E-state index contributed by atoms with van der Waals surface area (Å²) in [6.45, 7) is 7.28. The molecule has 0 unspecified atom stereocenters. The summed E-state index contributed by atoms with van der Waals surface area (Å²) in [5.41, 5.74) is 3.06. The Morgan fingerprint density at radius 2 is 1.78 bits per heavy atom. The molecule has 0 spiro atoms. The highest BCUT2D eigenvalue weighted by atomic mass is 19.4. The van der Waals surface area contributed by atoms with Gasteiger partial charge in [-0.25, -0.2) is 0 Å². The van der Waals surface area contributed by atoms with Gasteiger partial charge in [-0.1, -0.05) is 53.3 Å². The number of rotatable bonds is 8. The van der Waals surface area contributed by atoms with Gasteiger partial charge in [-0.2, -0.15) is 13.2 Å². The smallest absolute Gasteiger partial charge is 0.399 e. The Balaban J connectivity index is 0.00000118. The molecule has 0 aliphatic carbocycles. The second-order valence-corrected chi connectivity index (χ2v) is 6.37. The Bertz CT molecular complexity index is 970. The molecule has 2 rings (SSSR count). The average molecular weight is 449 g/mol. The maximum absolute atomic E-state index is 12.9. The minimum atomic E-state index is -4.41. The molecule has 2 aromatic rings. The highest BCUT2D eigenvalue weighted by molar-refractivity contribution is 6.00. The number of alkyl halides is 3. The summed E-state index contributed by atoms with van der Waals surface area (Å²) < 4.78 is 38.6. The Morgan fingerprint density at radius 1 is 1.12 bits per heavy atom. The van der Waals surface area contributed by atoms with Crippen LogP contribution in [-0.4, -0.2) is 32.0 Å². The number of carbonyl (C=O) groups is 1. The molecular formula is C23H26F3N3O3. The van der Waals surface area contributed by atoms with Gasteiger partial charge in [-0.15, -0.1) is 0 Å². The van der Waals surface area contributed by atoms with Crippen LogP contribution in [0.1, 0.15) is 41.7 Å². The number of oxime groups is 2. The highest BCUT2D eigenvalue weighted by Crippen LogP contribution is 2.29. The van der Waals surface area contributed by atoms with E-state index in [0.29, 0.717) is 23.4 Å². The van der Waals surface area contributed by atoms with Crippen molar-refractivity contribution in [1.29, 1.82) is 0 Å². The molecule has 0 radical (unpaired) electrons. The van der Waals surface area contributed by atoms with E-state index in [1.165, 1.54) is 13.2 Å². The first-order chi connectivity index (χ1) is 15.2. The molecule has 0 saturated carbocycles. The second kappa shape index (κ2) is 12.9. The molecule has 1 amide bonds. The maximum Gasteiger partial charge on any atom is 0.416 e. The molecule has 32 heavy (non-hydrogen) atoms. The third kappa shape index (κ3) is 7.90. The number of amides is 1. The molecule has 0 aliphatic rings. The fraction of sp³-hybridized carbons (Fsp3) is 0.261. The number of nitrogens with zero attached hydrogens (tertiary/aromatic N) is 2. The van der Waals surface area contributed by atoms with Gasteiger partial charge in [0.25, 0.3) is 0 Å². The first-order valence-electron chi connectivity index (χ1n) is 9.47. The van der Waals surface area contributed by atoms with Crippen LogP contribution < -0.4 is 5.32 Å². The first-order valence-corrected chi connectivity index (χ1v) is 9.47. The molecule has 6 nitrogen and oxygen atoms in total. The Labute approximate surface area is 185 Å². The normalized spacial score (nSPS) is 11.7. The SMILES string of the molecule is C=Cc1cccc(/C(C)=N\OC)c1CO/N=C(\C)c1cccc(C(F)(F)F)c1.CNC=O. The zero-order chi connectivity index (χ0) is 24.1. The van der Waals surface area contributed by atoms with Crippen molar-refractivity contribution < 1.29 is 27.6 Å². The van der Waals surface area contributed by atoms with Gasteiger partial charge < -0.3 is 15.0 Å². The summed E-state index contributed by atoms with van der Waals surface area (Å²) in [5, 5.41) is 10.2. The topological polar surface area (TPSA) is 72.3 Å². The van der Waals surface area contributed by atoms with Crippen molar-refractivity contribution in [3.63, 3.8) is 0 Å². The van der Waals surface area contributed by atoms with Crippen LogP contribution in [0.15, 0.2) is 59.4 Å². The summed E-state index contributed by atoms with van der Waals surface area (Å²) in [4.78, 5) is 19.3. The van der Waals surface area contributed by atoms with E-state index in [-0.39, 0.29) is 6.61 Å². The van der Waals surface area contributed by atoms with E-state index in [2.05, 4.69) is 22.2 Å². The van der Waals surface area contributed by atoms with Gasteiger partial charge in [-0.05, 0) is 37.1 Å². The van der Waals surface area contributed by atoms with Gasteiger partial charge in [-0.3, -0.25) is 4.79 Å². The summed E-state index contributed by atoms with van der Waals surface area (Å²) in [7, 11) is 3.02. The van der Waals surface area contributed by atoms with E-state index >= 15 is 0 Å². The largest absolute Gasteiger partial charge is 0.416 e. The quantitative estimate of drug-likeness (QED) is 0.349. The lowest BCUT2D eigenvalue weighted by molar-refractivity contribution is -0.137. The van der Waals surface area contributed by atoms with E-state index in [1.807, 2.05) is 18.2 Å². The lowest BCUT2D eigenvalue weighted by Gasteiger charge is -2.12. The predicted octanol–water partition coefficient (Wildman–Crippen LogP) is 5.02. The molecule has 0 heterocycles. The van der Waals surface area contributed by atoms with Gasteiger partial charge in [0.15, 0.2) is 0 Å². The molecule has 0 aliphatic heterocycles. The van der Waals surface area contributed by atoms with E-state index in [1.54, 1.807) is 33.0 Å². The fourth-order valence-corrected chi connectivity index (χ4v) is 2.65. The van der Waals surface area contributed by atoms with Crippen LogP contribution in [0.5, 0.6) is 0 Å². The van der Waals surface area contributed by atoms with Gasteiger partial charge in [0, 0.05) is 18.2 Å². The summed E-state index contributed by atoms with van der Waals surface area (Å²) in [5.74, 6) is 0. The summed E-state index contributed by atoms with van der Waals surface area (Å²) in [6, 6.07) is 10.6. The average Bonchev–Trinajstić information content (AvgIpc) is 2.78. The third-order valence-electron chi connectivity index (χ3n) is 4.19. The first kappa shape index (κ1) is 26.4. The number of carbonyl (C=O) groups excluding carboxylic acids is 1. The van der Waals surface area contributed by atoms with Crippen molar-refractivity contribution in [3.8, 4) is 0 Å². The maximum atomic E-state index is 12.9. The number of hydrogen-bond acceptors (Lipinski definition) is 5.